The summed E-state index contributed by atoms with van der Waals surface area (Å²) in [6.45, 7) is 2.81. The molecule has 0 amide bonds. The van der Waals surface area contributed by atoms with Gasteiger partial charge in [0.15, 0.2) is 5.96 Å². The first-order chi connectivity index (χ1) is 12.6. The van der Waals surface area contributed by atoms with Gasteiger partial charge in [0.05, 0.1) is 5.75 Å². The lowest BCUT2D eigenvalue weighted by molar-refractivity contribution is 0.316. The van der Waals surface area contributed by atoms with Crippen LogP contribution in [0.5, 0.6) is 0 Å². The quantitative estimate of drug-likeness (QED) is 0.339. The van der Waals surface area contributed by atoms with E-state index in [4.69, 9.17) is 0 Å². The highest BCUT2D eigenvalue weighted by Gasteiger charge is 2.26. The zero-order chi connectivity index (χ0) is 18.4. The molecule has 0 aromatic heterocycles. The van der Waals surface area contributed by atoms with Gasteiger partial charge in [0.1, 0.15) is 0 Å². The van der Waals surface area contributed by atoms with Crippen molar-refractivity contribution >= 4 is 40.0 Å². The van der Waals surface area contributed by atoms with E-state index in [0.29, 0.717) is 24.9 Å². The Hall–Kier alpha value is -0.870. The molecule has 1 saturated heterocycles. The van der Waals surface area contributed by atoms with Gasteiger partial charge in [-0.3, -0.25) is 4.99 Å². The van der Waals surface area contributed by atoms with Gasteiger partial charge in [0.2, 0.25) is 10.0 Å². The summed E-state index contributed by atoms with van der Waals surface area (Å²) in [7, 11) is -1.47. The lowest BCUT2D eigenvalue weighted by atomic mass is 9.86. The van der Waals surface area contributed by atoms with Crippen LogP contribution in [0, 0.1) is 5.92 Å². The molecule has 8 heteroatoms. The Bertz CT molecular complexity index is 708. The highest BCUT2D eigenvalue weighted by Crippen LogP contribution is 2.27. The highest BCUT2D eigenvalue weighted by molar-refractivity contribution is 14.0. The molecular weight excluding hydrogens is 475 g/mol. The third-order valence-corrected chi connectivity index (χ3v) is 6.79. The fourth-order valence-corrected chi connectivity index (χ4v) is 4.60. The molecular formula is C19H31IN4O2S. The standard InChI is InChI=1S/C19H30N4O2S.HI/c1-20-19(21-11-13-26(24,25)22-14-16-6-5-7-16)23-12-10-18(15-23)17-8-3-2-4-9-17;/h2-4,8-9,16,18,22H,5-7,10-15H2,1H3,(H,20,21);1H. The molecule has 2 aliphatic rings. The summed E-state index contributed by atoms with van der Waals surface area (Å²) in [5.74, 6) is 1.90. The van der Waals surface area contributed by atoms with Crippen molar-refractivity contribution in [3.63, 3.8) is 0 Å². The average molecular weight is 506 g/mol. The van der Waals surface area contributed by atoms with Crippen molar-refractivity contribution in [1.82, 2.24) is 14.9 Å². The van der Waals surface area contributed by atoms with Gasteiger partial charge in [0, 0.05) is 39.1 Å². The maximum absolute atomic E-state index is 12.1. The van der Waals surface area contributed by atoms with E-state index in [1.807, 2.05) is 6.07 Å². The highest BCUT2D eigenvalue weighted by atomic mass is 127. The number of aliphatic imine (C=N–C) groups is 1. The molecule has 1 saturated carbocycles. The second-order valence-corrected chi connectivity index (χ2v) is 9.21. The third kappa shape index (κ3) is 6.60. The lowest BCUT2D eigenvalue weighted by Crippen LogP contribution is -2.43. The molecule has 1 aliphatic heterocycles. The van der Waals surface area contributed by atoms with Crippen molar-refractivity contribution in [3.8, 4) is 0 Å². The molecule has 1 aliphatic carbocycles. The molecule has 1 unspecified atom stereocenters. The van der Waals surface area contributed by atoms with Gasteiger partial charge in [-0.2, -0.15) is 0 Å². The van der Waals surface area contributed by atoms with Crippen molar-refractivity contribution in [2.24, 2.45) is 10.9 Å². The first-order valence-electron chi connectivity index (χ1n) is 9.55. The van der Waals surface area contributed by atoms with Crippen LogP contribution in [0.3, 0.4) is 0 Å². The van der Waals surface area contributed by atoms with Crippen LogP contribution in [0.1, 0.15) is 37.2 Å². The Labute approximate surface area is 180 Å². The van der Waals surface area contributed by atoms with Crippen LogP contribution in [0.4, 0.5) is 0 Å². The average Bonchev–Trinajstić information content (AvgIpc) is 3.08. The van der Waals surface area contributed by atoms with Gasteiger partial charge < -0.3 is 10.2 Å². The van der Waals surface area contributed by atoms with Crippen LogP contribution in [0.25, 0.3) is 0 Å². The Morgan fingerprint density at radius 1 is 1.22 bits per heavy atom. The van der Waals surface area contributed by atoms with E-state index in [-0.39, 0.29) is 29.7 Å². The topological polar surface area (TPSA) is 73.8 Å². The van der Waals surface area contributed by atoms with Gasteiger partial charge in [-0.15, -0.1) is 24.0 Å². The molecule has 3 rings (SSSR count). The summed E-state index contributed by atoms with van der Waals surface area (Å²) >= 11 is 0. The first-order valence-corrected chi connectivity index (χ1v) is 11.2. The fourth-order valence-electron chi connectivity index (χ4n) is 3.59. The van der Waals surface area contributed by atoms with Gasteiger partial charge >= 0.3 is 0 Å². The predicted octanol–water partition coefficient (Wildman–Crippen LogP) is 2.39. The molecule has 1 heterocycles. The van der Waals surface area contributed by atoms with Crippen LogP contribution >= 0.6 is 24.0 Å². The molecule has 1 aromatic rings. The van der Waals surface area contributed by atoms with Crippen molar-refractivity contribution in [2.45, 2.75) is 31.6 Å². The molecule has 1 aromatic carbocycles. The smallest absolute Gasteiger partial charge is 0.213 e. The Morgan fingerprint density at radius 3 is 2.59 bits per heavy atom. The van der Waals surface area contributed by atoms with Gasteiger partial charge in [-0.1, -0.05) is 36.8 Å². The van der Waals surface area contributed by atoms with Crippen molar-refractivity contribution < 1.29 is 8.42 Å². The third-order valence-electron chi connectivity index (χ3n) is 5.44. The second-order valence-electron chi connectivity index (χ2n) is 7.28. The second kappa shape index (κ2) is 10.6. The number of hydrogen-bond acceptors (Lipinski definition) is 3. The zero-order valence-corrected chi connectivity index (χ0v) is 19.1. The number of nitrogens with one attached hydrogen (secondary N) is 2. The lowest BCUT2D eigenvalue weighted by Gasteiger charge is -2.25. The Morgan fingerprint density at radius 2 is 1.96 bits per heavy atom. The van der Waals surface area contributed by atoms with Crippen LogP contribution in [-0.2, 0) is 10.0 Å². The number of nitrogens with zero attached hydrogens (tertiary/aromatic N) is 2. The van der Waals surface area contributed by atoms with Crippen LogP contribution in [0.15, 0.2) is 35.3 Å². The summed E-state index contributed by atoms with van der Waals surface area (Å²) in [4.78, 5) is 6.54. The van der Waals surface area contributed by atoms with Crippen molar-refractivity contribution in [3.05, 3.63) is 35.9 Å². The molecule has 6 nitrogen and oxygen atoms in total. The van der Waals surface area contributed by atoms with E-state index in [0.717, 1.165) is 38.3 Å². The number of halogens is 1. The van der Waals surface area contributed by atoms with Crippen LogP contribution in [-0.4, -0.2) is 58.3 Å². The molecule has 1 atom stereocenters. The molecule has 2 fully saturated rings. The normalized spacial score (nSPS) is 20.9. The molecule has 0 spiro atoms. The monoisotopic (exact) mass is 506 g/mol. The van der Waals surface area contributed by atoms with Crippen LogP contribution < -0.4 is 10.0 Å². The number of guanidine groups is 1. The van der Waals surface area contributed by atoms with E-state index in [1.165, 1.54) is 12.0 Å². The van der Waals surface area contributed by atoms with Crippen molar-refractivity contribution in [1.29, 1.82) is 0 Å². The number of sulfonamides is 1. The first kappa shape index (κ1) is 22.4. The fraction of sp³-hybridized carbons (Fsp3) is 0.632. The summed E-state index contributed by atoms with van der Waals surface area (Å²) < 4.78 is 26.9. The zero-order valence-electron chi connectivity index (χ0n) is 15.9. The molecule has 0 radical (unpaired) electrons. The Balaban J connectivity index is 0.00000261. The predicted molar refractivity (Wildman–Crippen MR) is 121 cm³/mol. The van der Waals surface area contributed by atoms with Crippen LogP contribution in [0.2, 0.25) is 0 Å². The number of benzene rings is 1. The van der Waals surface area contributed by atoms with E-state index in [9.17, 15) is 8.42 Å². The SMILES string of the molecule is CN=C(NCCS(=O)(=O)NCC1CCC1)N1CCC(c2ccccc2)C1.I. The van der Waals surface area contributed by atoms with E-state index in [1.54, 1.807) is 7.05 Å². The molecule has 27 heavy (non-hydrogen) atoms. The Kier molecular flexibility index (Phi) is 8.81. The minimum absolute atomic E-state index is 0. The maximum Gasteiger partial charge on any atom is 0.213 e. The minimum Gasteiger partial charge on any atom is -0.355 e. The summed E-state index contributed by atoms with van der Waals surface area (Å²) in [6.07, 6.45) is 4.60. The molecule has 2 N–H and O–H groups in total. The maximum atomic E-state index is 12.1. The summed E-state index contributed by atoms with van der Waals surface area (Å²) in [5.41, 5.74) is 1.35. The van der Waals surface area contributed by atoms with Gasteiger partial charge in [-0.25, -0.2) is 13.1 Å². The van der Waals surface area contributed by atoms with E-state index < -0.39 is 10.0 Å². The number of likely N-dealkylation sites (tertiary alicyclic amines) is 1. The molecule has 0 bridgehead atoms. The minimum atomic E-state index is -3.22. The summed E-state index contributed by atoms with van der Waals surface area (Å²) in [6, 6.07) is 10.5. The number of rotatable bonds is 7. The van der Waals surface area contributed by atoms with Gasteiger partial charge in [0.25, 0.3) is 0 Å². The molecule has 152 valence electrons. The van der Waals surface area contributed by atoms with E-state index in [2.05, 4.69) is 44.2 Å². The van der Waals surface area contributed by atoms with Crippen molar-refractivity contribution in [2.75, 3.05) is 39.0 Å². The largest absolute Gasteiger partial charge is 0.355 e. The number of hydrogen-bond donors (Lipinski definition) is 2. The van der Waals surface area contributed by atoms with Gasteiger partial charge in [-0.05, 0) is 30.7 Å². The summed E-state index contributed by atoms with van der Waals surface area (Å²) in [5, 5.41) is 3.21. The van der Waals surface area contributed by atoms with E-state index >= 15 is 0 Å².